The molecule has 3 heteroatoms. The van der Waals surface area contributed by atoms with Gasteiger partial charge in [-0.3, -0.25) is 0 Å². The van der Waals surface area contributed by atoms with Gasteiger partial charge in [-0.2, -0.15) is 0 Å². The van der Waals surface area contributed by atoms with E-state index in [2.05, 4.69) is 36.3 Å². The van der Waals surface area contributed by atoms with Crippen LogP contribution in [0.5, 0.6) is 0 Å². The first kappa shape index (κ1) is 12.3. The third kappa shape index (κ3) is 2.57. The second-order valence-corrected chi connectivity index (χ2v) is 4.15. The maximum absolute atomic E-state index is 9.01. The van der Waals surface area contributed by atoms with Crippen LogP contribution >= 0.6 is 0 Å². The number of aliphatic hydroxyl groups excluding tert-OH is 1. The zero-order valence-corrected chi connectivity index (χ0v) is 10.2. The Balaban J connectivity index is 2.30. The lowest BCUT2D eigenvalue weighted by Gasteiger charge is -2.05. The number of hydrogen-bond donors (Lipinski definition) is 2. The van der Waals surface area contributed by atoms with Crippen molar-refractivity contribution in [2.24, 2.45) is 5.16 Å². The Hall–Kier alpha value is -2.13. The van der Waals surface area contributed by atoms with Gasteiger partial charge in [0.05, 0.1) is 6.61 Å². The monoisotopic (exact) mass is 241 g/mol. The normalized spacial score (nSPS) is 11.6. The van der Waals surface area contributed by atoms with Crippen LogP contribution in [0, 0.1) is 6.92 Å². The first-order valence-electron chi connectivity index (χ1n) is 5.74. The lowest BCUT2D eigenvalue weighted by Crippen LogP contribution is -2.05. The molecular formula is C15H15NO2. The van der Waals surface area contributed by atoms with Crippen LogP contribution < -0.4 is 0 Å². The first-order chi connectivity index (χ1) is 8.74. The van der Waals surface area contributed by atoms with Crippen LogP contribution in [-0.2, 0) is 0 Å². The molecule has 0 aliphatic rings. The molecule has 0 bridgehead atoms. The van der Waals surface area contributed by atoms with Gasteiger partial charge in [0.25, 0.3) is 0 Å². The molecule has 0 saturated carbocycles. The molecule has 0 aliphatic carbocycles. The molecule has 0 heterocycles. The Morgan fingerprint density at radius 1 is 0.944 bits per heavy atom. The second kappa shape index (κ2) is 5.47. The third-order valence-electron chi connectivity index (χ3n) is 2.87. The van der Waals surface area contributed by atoms with E-state index >= 15 is 0 Å². The standard InChI is InChI=1S/C15H15NO2/c1-11-2-4-12(5-3-11)13-6-8-14(9-7-13)15(10-17)16-18/h2-9,17-18H,10H2,1H3/b16-15-. The summed E-state index contributed by atoms with van der Waals surface area (Å²) in [5.74, 6) is 0. The summed E-state index contributed by atoms with van der Waals surface area (Å²) in [5, 5.41) is 20.8. The van der Waals surface area contributed by atoms with Crippen molar-refractivity contribution >= 4 is 5.71 Å². The Kier molecular flexibility index (Phi) is 3.75. The molecule has 92 valence electrons. The molecule has 18 heavy (non-hydrogen) atoms. The molecule has 0 unspecified atom stereocenters. The topological polar surface area (TPSA) is 52.8 Å². The van der Waals surface area contributed by atoms with Crippen LogP contribution in [0.1, 0.15) is 11.1 Å². The predicted molar refractivity (Wildman–Crippen MR) is 72.0 cm³/mol. The van der Waals surface area contributed by atoms with E-state index < -0.39 is 0 Å². The highest BCUT2D eigenvalue weighted by Gasteiger charge is 2.03. The van der Waals surface area contributed by atoms with Crippen LogP contribution in [-0.4, -0.2) is 22.6 Å². The number of benzene rings is 2. The zero-order valence-electron chi connectivity index (χ0n) is 10.2. The van der Waals surface area contributed by atoms with E-state index in [1.165, 1.54) is 5.56 Å². The number of oxime groups is 1. The van der Waals surface area contributed by atoms with Gasteiger partial charge in [0.2, 0.25) is 0 Å². The number of nitrogens with zero attached hydrogens (tertiary/aromatic N) is 1. The minimum Gasteiger partial charge on any atom is -0.411 e. The predicted octanol–water partition coefficient (Wildman–Crippen LogP) is 2.83. The Bertz CT molecular complexity index is 542. The summed E-state index contributed by atoms with van der Waals surface area (Å²) in [6.07, 6.45) is 0. The average Bonchev–Trinajstić information content (AvgIpc) is 2.42. The highest BCUT2D eigenvalue weighted by Crippen LogP contribution is 2.20. The van der Waals surface area contributed by atoms with E-state index in [0.29, 0.717) is 0 Å². The lowest BCUT2D eigenvalue weighted by atomic mass is 10.0. The van der Waals surface area contributed by atoms with Crippen molar-refractivity contribution in [2.45, 2.75) is 6.92 Å². The van der Waals surface area contributed by atoms with E-state index in [-0.39, 0.29) is 12.3 Å². The second-order valence-electron chi connectivity index (χ2n) is 4.15. The molecule has 0 amide bonds. The summed E-state index contributed by atoms with van der Waals surface area (Å²) >= 11 is 0. The molecule has 0 radical (unpaired) electrons. The molecule has 2 rings (SSSR count). The Morgan fingerprint density at radius 2 is 1.44 bits per heavy atom. The van der Waals surface area contributed by atoms with Gasteiger partial charge in [0.1, 0.15) is 5.71 Å². The number of aliphatic hydroxyl groups is 1. The van der Waals surface area contributed by atoms with Crippen molar-refractivity contribution in [3.63, 3.8) is 0 Å². The summed E-state index contributed by atoms with van der Waals surface area (Å²) < 4.78 is 0. The van der Waals surface area contributed by atoms with E-state index in [1.54, 1.807) is 0 Å². The van der Waals surface area contributed by atoms with E-state index in [1.807, 2.05) is 24.3 Å². The van der Waals surface area contributed by atoms with Crippen LogP contribution in [0.25, 0.3) is 11.1 Å². The van der Waals surface area contributed by atoms with Crippen LogP contribution in [0.15, 0.2) is 53.7 Å². The van der Waals surface area contributed by atoms with Gasteiger partial charge in [-0.25, -0.2) is 0 Å². The summed E-state index contributed by atoms with van der Waals surface area (Å²) in [4.78, 5) is 0. The van der Waals surface area contributed by atoms with Crippen molar-refractivity contribution in [1.82, 2.24) is 0 Å². The van der Waals surface area contributed by atoms with Crippen molar-refractivity contribution in [2.75, 3.05) is 6.61 Å². The minimum atomic E-state index is -0.277. The summed E-state index contributed by atoms with van der Waals surface area (Å²) in [5.41, 5.74) is 4.44. The molecule has 0 aliphatic heterocycles. The quantitative estimate of drug-likeness (QED) is 0.493. The number of rotatable bonds is 3. The largest absolute Gasteiger partial charge is 0.411 e. The molecule has 0 atom stereocenters. The van der Waals surface area contributed by atoms with Gasteiger partial charge in [-0.15, -0.1) is 0 Å². The van der Waals surface area contributed by atoms with Gasteiger partial charge in [0, 0.05) is 5.56 Å². The molecule has 2 N–H and O–H groups in total. The fourth-order valence-corrected chi connectivity index (χ4v) is 1.78. The molecule has 2 aromatic rings. The van der Waals surface area contributed by atoms with Gasteiger partial charge >= 0.3 is 0 Å². The van der Waals surface area contributed by atoms with Crippen molar-refractivity contribution in [3.8, 4) is 11.1 Å². The van der Waals surface area contributed by atoms with Crippen molar-refractivity contribution < 1.29 is 10.3 Å². The van der Waals surface area contributed by atoms with E-state index in [4.69, 9.17) is 10.3 Å². The van der Waals surface area contributed by atoms with E-state index in [9.17, 15) is 0 Å². The molecule has 0 fully saturated rings. The first-order valence-corrected chi connectivity index (χ1v) is 5.74. The lowest BCUT2D eigenvalue weighted by molar-refractivity contribution is 0.304. The smallest absolute Gasteiger partial charge is 0.112 e. The fraction of sp³-hybridized carbons (Fsp3) is 0.133. The van der Waals surface area contributed by atoms with Crippen LogP contribution in [0.3, 0.4) is 0 Å². The maximum Gasteiger partial charge on any atom is 0.112 e. The molecule has 0 saturated heterocycles. The number of aryl methyl sites for hydroxylation is 1. The van der Waals surface area contributed by atoms with E-state index in [0.717, 1.165) is 16.7 Å². The summed E-state index contributed by atoms with van der Waals surface area (Å²) in [6, 6.07) is 15.8. The summed E-state index contributed by atoms with van der Waals surface area (Å²) in [7, 11) is 0. The maximum atomic E-state index is 9.01. The summed E-state index contributed by atoms with van der Waals surface area (Å²) in [6.45, 7) is 1.78. The zero-order chi connectivity index (χ0) is 13.0. The molecule has 0 spiro atoms. The Labute approximate surface area is 106 Å². The van der Waals surface area contributed by atoms with Gasteiger partial charge in [-0.05, 0) is 18.1 Å². The Morgan fingerprint density at radius 3 is 1.89 bits per heavy atom. The van der Waals surface area contributed by atoms with Crippen LogP contribution in [0.2, 0.25) is 0 Å². The van der Waals surface area contributed by atoms with Crippen LogP contribution in [0.4, 0.5) is 0 Å². The fourth-order valence-electron chi connectivity index (χ4n) is 1.78. The van der Waals surface area contributed by atoms with Gasteiger partial charge < -0.3 is 10.3 Å². The van der Waals surface area contributed by atoms with Crippen molar-refractivity contribution in [3.05, 3.63) is 59.7 Å². The highest BCUT2D eigenvalue weighted by atomic mass is 16.4. The molecule has 3 nitrogen and oxygen atoms in total. The van der Waals surface area contributed by atoms with Crippen molar-refractivity contribution in [1.29, 1.82) is 0 Å². The molecular weight excluding hydrogens is 226 g/mol. The average molecular weight is 241 g/mol. The minimum absolute atomic E-state index is 0.269. The van der Waals surface area contributed by atoms with Gasteiger partial charge in [-0.1, -0.05) is 59.3 Å². The SMILES string of the molecule is Cc1ccc(-c2ccc(/C(CO)=N\O)cc2)cc1. The third-order valence-corrected chi connectivity index (χ3v) is 2.87. The molecule has 0 aromatic heterocycles. The highest BCUT2D eigenvalue weighted by molar-refractivity contribution is 6.01. The van der Waals surface area contributed by atoms with Gasteiger partial charge in [0.15, 0.2) is 0 Å². The molecule has 2 aromatic carbocycles. The number of hydrogen-bond acceptors (Lipinski definition) is 3.